The third-order valence-electron chi connectivity index (χ3n) is 3.83. The highest BCUT2D eigenvalue weighted by atomic mass is 16.2. The second kappa shape index (κ2) is 6.96. The predicted octanol–water partition coefficient (Wildman–Crippen LogP) is 2.73. The van der Waals surface area contributed by atoms with Gasteiger partial charge in [0.15, 0.2) is 0 Å². The maximum absolute atomic E-state index is 12.4. The van der Waals surface area contributed by atoms with Crippen LogP contribution in [0.1, 0.15) is 13.0 Å². The van der Waals surface area contributed by atoms with Crippen molar-refractivity contribution >= 4 is 5.91 Å². The first-order chi connectivity index (χ1) is 11.3. The summed E-state index contributed by atoms with van der Waals surface area (Å²) in [6, 6.07) is 13.5. The van der Waals surface area contributed by atoms with Crippen LogP contribution in [0.3, 0.4) is 0 Å². The smallest absolute Gasteiger partial charge is 0.242 e. The average Bonchev–Trinajstić information content (AvgIpc) is 3.26. The lowest BCUT2D eigenvalue weighted by atomic mass is 10.2. The van der Waals surface area contributed by atoms with Crippen molar-refractivity contribution < 1.29 is 4.79 Å². The van der Waals surface area contributed by atoms with E-state index in [1.54, 1.807) is 6.20 Å². The molecule has 1 amide bonds. The van der Waals surface area contributed by atoms with E-state index in [9.17, 15) is 4.79 Å². The molecule has 2 heterocycles. The monoisotopic (exact) mass is 308 g/mol. The molecule has 1 N–H and O–H groups in total. The Hall–Kier alpha value is -2.82. The summed E-state index contributed by atoms with van der Waals surface area (Å²) >= 11 is 0. The minimum Gasteiger partial charge on any atom is -0.353 e. The molecule has 3 rings (SSSR count). The van der Waals surface area contributed by atoms with Crippen LogP contribution >= 0.6 is 0 Å². The minimum absolute atomic E-state index is 0.00710. The number of carbonyl (C=O) groups excluding carboxylic acids is 1. The Labute approximate surface area is 135 Å². The Morgan fingerprint density at radius 3 is 2.61 bits per heavy atom. The molecule has 2 aromatic heterocycles. The number of carbonyl (C=O) groups is 1. The molecule has 0 aliphatic carbocycles. The van der Waals surface area contributed by atoms with Crippen LogP contribution in [0.5, 0.6) is 0 Å². The van der Waals surface area contributed by atoms with Gasteiger partial charge in [0.1, 0.15) is 11.9 Å². The zero-order valence-corrected chi connectivity index (χ0v) is 13.1. The van der Waals surface area contributed by atoms with Gasteiger partial charge in [-0.05, 0) is 19.1 Å². The van der Waals surface area contributed by atoms with Crippen molar-refractivity contribution in [1.29, 1.82) is 0 Å². The largest absolute Gasteiger partial charge is 0.353 e. The number of nitrogens with one attached hydrogen (secondary N) is 1. The molecule has 0 aliphatic heterocycles. The quantitative estimate of drug-likeness (QED) is 0.761. The van der Waals surface area contributed by atoms with Gasteiger partial charge in [0.25, 0.3) is 0 Å². The summed E-state index contributed by atoms with van der Waals surface area (Å²) in [7, 11) is 0. The van der Waals surface area contributed by atoms with Crippen LogP contribution in [0, 0.1) is 0 Å². The Morgan fingerprint density at radius 2 is 1.87 bits per heavy atom. The first-order valence-corrected chi connectivity index (χ1v) is 7.72. The Bertz CT molecular complexity index is 746. The third kappa shape index (κ3) is 3.51. The van der Waals surface area contributed by atoms with Gasteiger partial charge in [0.2, 0.25) is 5.91 Å². The van der Waals surface area contributed by atoms with E-state index in [0.29, 0.717) is 6.54 Å². The van der Waals surface area contributed by atoms with Crippen LogP contribution in [0.15, 0.2) is 67.3 Å². The maximum Gasteiger partial charge on any atom is 0.242 e. The summed E-state index contributed by atoms with van der Waals surface area (Å²) in [5.41, 5.74) is 1.00. The minimum atomic E-state index is -0.308. The zero-order valence-electron chi connectivity index (χ0n) is 13.1. The SMILES string of the molecule is CC(C(=O)NCCn1cccc1)n1ccnc1-c1ccccc1. The van der Waals surface area contributed by atoms with Gasteiger partial charge in [-0.2, -0.15) is 0 Å². The summed E-state index contributed by atoms with van der Waals surface area (Å²) in [4.78, 5) is 16.8. The number of nitrogens with zero attached hydrogens (tertiary/aromatic N) is 3. The normalized spacial score (nSPS) is 12.0. The first-order valence-electron chi connectivity index (χ1n) is 7.72. The van der Waals surface area contributed by atoms with Crippen molar-refractivity contribution in [3.8, 4) is 11.4 Å². The second-order valence-corrected chi connectivity index (χ2v) is 5.41. The van der Waals surface area contributed by atoms with Gasteiger partial charge in [-0.1, -0.05) is 30.3 Å². The van der Waals surface area contributed by atoms with Crippen LogP contribution in [0.25, 0.3) is 11.4 Å². The highest BCUT2D eigenvalue weighted by Gasteiger charge is 2.18. The van der Waals surface area contributed by atoms with Crippen LogP contribution in [-0.4, -0.2) is 26.6 Å². The van der Waals surface area contributed by atoms with E-state index in [1.165, 1.54) is 0 Å². The zero-order chi connectivity index (χ0) is 16.1. The maximum atomic E-state index is 12.4. The lowest BCUT2D eigenvalue weighted by Crippen LogP contribution is -2.33. The molecule has 0 bridgehead atoms. The van der Waals surface area contributed by atoms with Crippen molar-refractivity contribution in [2.45, 2.75) is 19.5 Å². The van der Waals surface area contributed by atoms with Gasteiger partial charge in [-0.25, -0.2) is 4.98 Å². The average molecular weight is 308 g/mol. The molecular formula is C18H20N4O. The summed E-state index contributed by atoms with van der Waals surface area (Å²) in [5, 5.41) is 2.98. The topological polar surface area (TPSA) is 51.9 Å². The molecule has 118 valence electrons. The summed E-state index contributed by atoms with van der Waals surface area (Å²) < 4.78 is 3.94. The van der Waals surface area contributed by atoms with Gasteiger partial charge in [-0.3, -0.25) is 4.79 Å². The molecule has 1 aromatic carbocycles. The van der Waals surface area contributed by atoms with Gasteiger partial charge in [0, 0.05) is 43.4 Å². The Morgan fingerprint density at radius 1 is 1.13 bits per heavy atom. The number of hydrogen-bond acceptors (Lipinski definition) is 2. The van der Waals surface area contributed by atoms with E-state index < -0.39 is 0 Å². The van der Waals surface area contributed by atoms with Crippen LogP contribution in [0.4, 0.5) is 0 Å². The lowest BCUT2D eigenvalue weighted by Gasteiger charge is -2.16. The van der Waals surface area contributed by atoms with E-state index in [2.05, 4.69) is 10.3 Å². The van der Waals surface area contributed by atoms with Gasteiger partial charge in [-0.15, -0.1) is 0 Å². The first kappa shape index (κ1) is 15.1. The number of benzene rings is 1. The number of aromatic nitrogens is 3. The molecule has 0 spiro atoms. The predicted molar refractivity (Wildman–Crippen MR) is 89.8 cm³/mol. The fraction of sp³-hybridized carbons (Fsp3) is 0.222. The summed E-state index contributed by atoms with van der Waals surface area (Å²) in [6.45, 7) is 3.26. The van der Waals surface area contributed by atoms with Gasteiger partial charge >= 0.3 is 0 Å². The van der Waals surface area contributed by atoms with Gasteiger partial charge < -0.3 is 14.5 Å². The number of amides is 1. The molecule has 5 nitrogen and oxygen atoms in total. The fourth-order valence-electron chi connectivity index (χ4n) is 2.54. The van der Waals surface area contributed by atoms with Crippen molar-refractivity contribution in [1.82, 2.24) is 19.4 Å². The second-order valence-electron chi connectivity index (χ2n) is 5.41. The molecule has 1 atom stereocenters. The Balaban J connectivity index is 1.65. The molecule has 5 heteroatoms. The standard InChI is InChI=1S/C18H20N4O/c1-15(18(23)20-9-13-21-11-5-6-12-21)22-14-10-19-17(22)16-7-3-2-4-8-16/h2-8,10-12,14-15H,9,13H2,1H3,(H,20,23). The third-order valence-corrected chi connectivity index (χ3v) is 3.83. The van der Waals surface area contributed by atoms with Crippen LogP contribution in [0.2, 0.25) is 0 Å². The van der Waals surface area contributed by atoms with E-state index in [1.807, 2.05) is 77.1 Å². The lowest BCUT2D eigenvalue weighted by molar-refractivity contribution is -0.123. The molecule has 3 aromatic rings. The van der Waals surface area contributed by atoms with Gasteiger partial charge in [0.05, 0.1) is 0 Å². The van der Waals surface area contributed by atoms with Crippen LogP contribution < -0.4 is 5.32 Å². The fourth-order valence-corrected chi connectivity index (χ4v) is 2.54. The number of rotatable bonds is 6. The molecule has 23 heavy (non-hydrogen) atoms. The van der Waals surface area contributed by atoms with Crippen molar-refractivity contribution in [3.63, 3.8) is 0 Å². The molecular weight excluding hydrogens is 288 g/mol. The highest BCUT2D eigenvalue weighted by molar-refractivity contribution is 5.80. The highest BCUT2D eigenvalue weighted by Crippen LogP contribution is 2.20. The Kier molecular flexibility index (Phi) is 4.57. The molecule has 0 saturated carbocycles. The number of imidazole rings is 1. The van der Waals surface area contributed by atoms with Crippen molar-refractivity contribution in [2.75, 3.05) is 6.54 Å². The molecule has 0 fully saturated rings. The van der Waals surface area contributed by atoms with E-state index in [-0.39, 0.29) is 11.9 Å². The summed E-state index contributed by atoms with van der Waals surface area (Å²) in [6.07, 6.45) is 7.54. The molecule has 0 aliphatic rings. The van der Waals surface area contributed by atoms with E-state index >= 15 is 0 Å². The number of hydrogen-bond donors (Lipinski definition) is 1. The summed E-state index contributed by atoms with van der Waals surface area (Å²) in [5.74, 6) is 0.797. The van der Waals surface area contributed by atoms with E-state index in [0.717, 1.165) is 17.9 Å². The van der Waals surface area contributed by atoms with Crippen molar-refractivity contribution in [3.05, 3.63) is 67.3 Å². The van der Waals surface area contributed by atoms with Crippen LogP contribution in [-0.2, 0) is 11.3 Å². The van der Waals surface area contributed by atoms with Crippen molar-refractivity contribution in [2.24, 2.45) is 0 Å². The molecule has 1 unspecified atom stereocenters. The van der Waals surface area contributed by atoms with E-state index in [4.69, 9.17) is 0 Å². The molecule has 0 radical (unpaired) electrons. The molecule has 0 saturated heterocycles.